The number of benzene rings is 1. The molecule has 0 bridgehead atoms. The maximum Gasteiger partial charge on any atom is 0.353 e. The first-order chi connectivity index (χ1) is 8.52. The summed E-state index contributed by atoms with van der Waals surface area (Å²) in [6, 6.07) is 5.23. The van der Waals surface area contributed by atoms with Gasteiger partial charge in [0.05, 0.1) is 17.3 Å². The monoisotopic (exact) mass is 310 g/mol. The third kappa shape index (κ3) is 2.24. The molecule has 0 saturated carbocycles. The van der Waals surface area contributed by atoms with Crippen LogP contribution in [-0.4, -0.2) is 28.4 Å². The number of methoxy groups -OCH3 is 1. The summed E-state index contributed by atoms with van der Waals surface area (Å²) in [5.74, 6) is -0.302. The molecule has 0 atom stereocenters. The van der Waals surface area contributed by atoms with Crippen LogP contribution in [0.5, 0.6) is 5.75 Å². The highest BCUT2D eigenvalue weighted by Crippen LogP contribution is 2.33. The fourth-order valence-electron chi connectivity index (χ4n) is 1.66. The zero-order valence-electron chi connectivity index (χ0n) is 9.82. The summed E-state index contributed by atoms with van der Waals surface area (Å²) in [6.07, 6.45) is 0. The largest absolute Gasteiger partial charge is 0.496 e. The van der Waals surface area contributed by atoms with Crippen LogP contribution in [0.4, 0.5) is 0 Å². The number of aromatic amines is 1. The summed E-state index contributed by atoms with van der Waals surface area (Å²) < 4.78 is 5.99. The van der Waals surface area contributed by atoms with E-state index in [2.05, 4.69) is 26.1 Å². The first-order valence-electron chi connectivity index (χ1n) is 5.16. The van der Waals surface area contributed by atoms with Gasteiger partial charge in [0.25, 0.3) is 0 Å². The Hall–Kier alpha value is -1.82. The smallest absolute Gasteiger partial charge is 0.353 e. The molecule has 0 amide bonds. The van der Waals surface area contributed by atoms with E-state index in [1.165, 1.54) is 6.07 Å². The maximum absolute atomic E-state index is 10.8. The van der Waals surface area contributed by atoms with Crippen LogP contribution < -0.4 is 4.74 Å². The molecule has 94 valence electrons. The van der Waals surface area contributed by atoms with Gasteiger partial charge >= 0.3 is 5.97 Å². The molecule has 1 heterocycles. The van der Waals surface area contributed by atoms with E-state index in [1.807, 2.05) is 19.1 Å². The van der Waals surface area contributed by atoms with Gasteiger partial charge in [0.2, 0.25) is 0 Å². The van der Waals surface area contributed by atoms with Crippen LogP contribution in [0.25, 0.3) is 11.3 Å². The molecule has 0 spiro atoms. The zero-order chi connectivity index (χ0) is 13.3. The van der Waals surface area contributed by atoms with Gasteiger partial charge in [0.15, 0.2) is 0 Å². The predicted octanol–water partition coefficient (Wildman–Crippen LogP) is 2.85. The van der Waals surface area contributed by atoms with Crippen LogP contribution in [0.2, 0.25) is 0 Å². The van der Waals surface area contributed by atoms with Crippen LogP contribution in [-0.2, 0) is 0 Å². The van der Waals surface area contributed by atoms with Crippen molar-refractivity contribution in [2.24, 2.45) is 0 Å². The predicted molar refractivity (Wildman–Crippen MR) is 70.0 cm³/mol. The van der Waals surface area contributed by atoms with Crippen molar-refractivity contribution in [3.05, 3.63) is 33.9 Å². The van der Waals surface area contributed by atoms with Crippen LogP contribution >= 0.6 is 15.9 Å². The van der Waals surface area contributed by atoms with E-state index < -0.39 is 5.97 Å². The third-order valence-electron chi connectivity index (χ3n) is 2.58. The molecule has 2 aromatic rings. The van der Waals surface area contributed by atoms with E-state index in [1.54, 1.807) is 7.11 Å². The lowest BCUT2D eigenvalue weighted by molar-refractivity contribution is 0.0690. The first-order valence-corrected chi connectivity index (χ1v) is 5.95. The minimum atomic E-state index is -1.03. The number of hydrogen-bond donors (Lipinski definition) is 2. The molecular formula is C12H11BrN2O3. The molecule has 0 aliphatic rings. The number of aromatic nitrogens is 2. The molecule has 0 unspecified atom stereocenters. The van der Waals surface area contributed by atoms with Gasteiger partial charge in [-0.3, -0.25) is 5.10 Å². The van der Waals surface area contributed by atoms with E-state index in [9.17, 15) is 4.79 Å². The molecule has 0 saturated heterocycles. The maximum atomic E-state index is 10.8. The van der Waals surface area contributed by atoms with Gasteiger partial charge in [-0.1, -0.05) is 0 Å². The number of nitrogens with one attached hydrogen (secondary N) is 1. The van der Waals surface area contributed by atoms with E-state index in [4.69, 9.17) is 9.84 Å². The normalized spacial score (nSPS) is 10.4. The van der Waals surface area contributed by atoms with Gasteiger partial charge in [-0.25, -0.2) is 4.79 Å². The number of halogens is 1. The molecule has 1 aromatic heterocycles. The highest BCUT2D eigenvalue weighted by Gasteiger charge is 2.13. The lowest BCUT2D eigenvalue weighted by Crippen LogP contribution is -1.95. The SMILES string of the molecule is COc1cc(C)c(-c2cc(C(=O)O)[nH]n2)cc1Br. The summed E-state index contributed by atoms with van der Waals surface area (Å²) in [4.78, 5) is 10.8. The van der Waals surface area contributed by atoms with E-state index >= 15 is 0 Å². The fraction of sp³-hybridized carbons (Fsp3) is 0.167. The third-order valence-corrected chi connectivity index (χ3v) is 3.20. The Morgan fingerprint density at radius 2 is 2.17 bits per heavy atom. The highest BCUT2D eigenvalue weighted by molar-refractivity contribution is 9.10. The van der Waals surface area contributed by atoms with Crippen LogP contribution in [0, 0.1) is 6.92 Å². The zero-order valence-corrected chi connectivity index (χ0v) is 11.4. The van der Waals surface area contributed by atoms with E-state index in [0.29, 0.717) is 5.69 Å². The Kier molecular flexibility index (Phi) is 3.38. The average Bonchev–Trinajstić information content (AvgIpc) is 2.81. The summed E-state index contributed by atoms with van der Waals surface area (Å²) in [5, 5.41) is 15.3. The van der Waals surface area contributed by atoms with Gasteiger partial charge in [-0.15, -0.1) is 0 Å². The highest BCUT2D eigenvalue weighted by atomic mass is 79.9. The molecule has 6 heteroatoms. The van der Waals surface area contributed by atoms with Crippen molar-refractivity contribution in [1.29, 1.82) is 0 Å². The molecule has 2 N–H and O–H groups in total. The molecule has 0 radical (unpaired) electrons. The number of ether oxygens (including phenoxy) is 1. The minimum absolute atomic E-state index is 0.0661. The lowest BCUT2D eigenvalue weighted by Gasteiger charge is -2.08. The summed E-state index contributed by atoms with van der Waals surface area (Å²) in [5.41, 5.74) is 2.47. The van der Waals surface area contributed by atoms with Crippen molar-refractivity contribution < 1.29 is 14.6 Å². The number of rotatable bonds is 3. The molecule has 5 nitrogen and oxygen atoms in total. The number of carbonyl (C=O) groups is 1. The van der Waals surface area contributed by atoms with Gasteiger partial charge in [-0.05, 0) is 46.6 Å². The quantitative estimate of drug-likeness (QED) is 0.914. The standard InChI is InChI=1S/C12H11BrN2O3/c1-6-3-11(18-2)8(13)4-7(6)9-5-10(12(16)17)15-14-9/h3-5H,1-2H3,(H,14,15)(H,16,17). The van der Waals surface area contributed by atoms with Gasteiger partial charge in [0, 0.05) is 5.56 Å². The molecule has 0 aliphatic carbocycles. The fourth-order valence-corrected chi connectivity index (χ4v) is 2.16. The van der Waals surface area contributed by atoms with Crippen molar-refractivity contribution >= 4 is 21.9 Å². The van der Waals surface area contributed by atoms with Crippen molar-refractivity contribution in [2.75, 3.05) is 7.11 Å². The Labute approximate surface area is 112 Å². The second-order valence-corrected chi connectivity index (χ2v) is 4.63. The van der Waals surface area contributed by atoms with Crippen molar-refractivity contribution in [2.45, 2.75) is 6.92 Å². The van der Waals surface area contributed by atoms with Crippen LogP contribution in [0.1, 0.15) is 16.1 Å². The number of nitrogens with zero attached hydrogens (tertiary/aromatic N) is 1. The molecule has 0 aliphatic heterocycles. The summed E-state index contributed by atoms with van der Waals surface area (Å²) >= 11 is 3.40. The second kappa shape index (κ2) is 4.81. The molecular weight excluding hydrogens is 300 g/mol. The summed E-state index contributed by atoms with van der Waals surface area (Å²) in [6.45, 7) is 1.92. The first kappa shape index (κ1) is 12.6. The molecule has 1 aromatic carbocycles. The van der Waals surface area contributed by atoms with Crippen molar-refractivity contribution in [3.63, 3.8) is 0 Å². The van der Waals surface area contributed by atoms with Gasteiger partial charge in [-0.2, -0.15) is 5.10 Å². The minimum Gasteiger partial charge on any atom is -0.496 e. The van der Waals surface area contributed by atoms with Gasteiger partial charge < -0.3 is 9.84 Å². The topological polar surface area (TPSA) is 75.2 Å². The molecule has 18 heavy (non-hydrogen) atoms. The molecule has 0 fully saturated rings. The Morgan fingerprint density at radius 3 is 2.72 bits per heavy atom. The number of hydrogen-bond acceptors (Lipinski definition) is 3. The average molecular weight is 311 g/mol. The Morgan fingerprint density at radius 1 is 1.44 bits per heavy atom. The number of H-pyrrole nitrogens is 1. The number of aromatic carboxylic acids is 1. The van der Waals surface area contributed by atoms with E-state index in [-0.39, 0.29) is 5.69 Å². The summed E-state index contributed by atoms with van der Waals surface area (Å²) in [7, 11) is 1.59. The van der Waals surface area contributed by atoms with Gasteiger partial charge in [0.1, 0.15) is 11.4 Å². The molecule has 2 rings (SSSR count). The van der Waals surface area contributed by atoms with Crippen molar-refractivity contribution in [3.8, 4) is 17.0 Å². The van der Waals surface area contributed by atoms with Crippen molar-refractivity contribution in [1.82, 2.24) is 10.2 Å². The number of carboxylic acid groups (broad SMARTS) is 1. The number of carboxylic acids is 1. The van der Waals surface area contributed by atoms with Crippen LogP contribution in [0.3, 0.4) is 0 Å². The number of aryl methyl sites for hydroxylation is 1. The lowest BCUT2D eigenvalue weighted by atomic mass is 10.1. The van der Waals surface area contributed by atoms with Crippen LogP contribution in [0.15, 0.2) is 22.7 Å². The Balaban J connectivity index is 2.50. The second-order valence-electron chi connectivity index (χ2n) is 3.77. The van der Waals surface area contributed by atoms with E-state index in [0.717, 1.165) is 21.3 Å². The Bertz CT molecular complexity index is 607.